The molecule has 1 aliphatic rings. The Labute approximate surface area is 150 Å². The summed E-state index contributed by atoms with van der Waals surface area (Å²) in [7, 11) is 0. The van der Waals surface area contributed by atoms with E-state index in [1.54, 1.807) is 12.1 Å². The zero-order chi connectivity index (χ0) is 17.2. The van der Waals surface area contributed by atoms with E-state index >= 15 is 0 Å². The van der Waals surface area contributed by atoms with Crippen LogP contribution >= 0.6 is 11.6 Å². The third-order valence-electron chi connectivity index (χ3n) is 4.31. The van der Waals surface area contributed by atoms with Gasteiger partial charge in [-0.25, -0.2) is 0 Å². The van der Waals surface area contributed by atoms with Crippen molar-refractivity contribution in [2.75, 3.05) is 6.54 Å². The average Bonchev–Trinajstić information content (AvgIpc) is 3.24. The Morgan fingerprint density at radius 2 is 2.00 bits per heavy atom. The van der Waals surface area contributed by atoms with E-state index in [1.165, 1.54) is 0 Å². The fraction of sp³-hybridized carbons (Fsp3) is 0.211. The van der Waals surface area contributed by atoms with E-state index in [-0.39, 0.29) is 11.8 Å². The fourth-order valence-corrected chi connectivity index (χ4v) is 3.23. The van der Waals surface area contributed by atoms with Crippen molar-refractivity contribution in [3.63, 3.8) is 0 Å². The first-order valence-electron chi connectivity index (χ1n) is 8.10. The van der Waals surface area contributed by atoms with Gasteiger partial charge in [-0.15, -0.1) is 0 Å². The van der Waals surface area contributed by atoms with Crippen LogP contribution in [-0.2, 0) is 11.3 Å². The molecule has 0 bridgehead atoms. The lowest BCUT2D eigenvalue weighted by molar-refractivity contribution is -0.128. The van der Waals surface area contributed by atoms with Crippen molar-refractivity contribution < 1.29 is 9.32 Å². The standard InChI is InChI=1S/C19H16ClN3O2/c20-16-8-4-7-14(9-16)19-21-18(22-25-19)15-10-17(24)23(12-15)11-13-5-2-1-3-6-13/h1-9,15H,10-12H2. The summed E-state index contributed by atoms with van der Waals surface area (Å²) >= 11 is 6.00. The van der Waals surface area contributed by atoms with E-state index in [0.717, 1.165) is 11.1 Å². The summed E-state index contributed by atoms with van der Waals surface area (Å²) in [6, 6.07) is 17.2. The average molecular weight is 354 g/mol. The maximum absolute atomic E-state index is 12.3. The Morgan fingerprint density at radius 1 is 1.16 bits per heavy atom. The van der Waals surface area contributed by atoms with Crippen molar-refractivity contribution in [1.82, 2.24) is 15.0 Å². The lowest BCUT2D eigenvalue weighted by Gasteiger charge is -2.15. The van der Waals surface area contributed by atoms with Gasteiger partial charge in [-0.2, -0.15) is 4.98 Å². The normalized spacial score (nSPS) is 17.2. The Hall–Kier alpha value is -2.66. The van der Waals surface area contributed by atoms with Gasteiger partial charge in [-0.05, 0) is 23.8 Å². The number of likely N-dealkylation sites (tertiary alicyclic amines) is 1. The Bertz CT molecular complexity index is 894. The lowest BCUT2D eigenvalue weighted by atomic mass is 10.1. The van der Waals surface area contributed by atoms with Gasteiger partial charge >= 0.3 is 0 Å². The van der Waals surface area contributed by atoms with Crippen LogP contribution < -0.4 is 0 Å². The van der Waals surface area contributed by atoms with Crippen LogP contribution in [0.4, 0.5) is 0 Å². The summed E-state index contributed by atoms with van der Waals surface area (Å²) in [5.41, 5.74) is 1.89. The molecule has 0 aliphatic carbocycles. The van der Waals surface area contributed by atoms with Gasteiger partial charge in [0.1, 0.15) is 0 Å². The molecule has 0 N–H and O–H groups in total. The minimum atomic E-state index is -0.0482. The summed E-state index contributed by atoms with van der Waals surface area (Å²) in [5, 5.41) is 4.69. The first kappa shape index (κ1) is 15.8. The van der Waals surface area contributed by atoms with Crippen LogP contribution in [-0.4, -0.2) is 27.5 Å². The van der Waals surface area contributed by atoms with E-state index < -0.39 is 0 Å². The number of hydrogen-bond donors (Lipinski definition) is 0. The number of nitrogens with zero attached hydrogens (tertiary/aromatic N) is 3. The number of hydrogen-bond acceptors (Lipinski definition) is 4. The van der Waals surface area contributed by atoms with Crippen LogP contribution in [0.15, 0.2) is 59.1 Å². The second kappa shape index (κ2) is 6.69. The summed E-state index contributed by atoms with van der Waals surface area (Å²) in [5.74, 6) is 1.06. The number of halogens is 1. The fourth-order valence-electron chi connectivity index (χ4n) is 3.04. The molecule has 1 unspecified atom stereocenters. The monoisotopic (exact) mass is 353 g/mol. The SMILES string of the molecule is O=C1CC(c2noc(-c3cccc(Cl)c3)n2)CN1Cc1ccccc1. The topological polar surface area (TPSA) is 59.2 Å². The minimum Gasteiger partial charge on any atom is -0.338 e. The second-order valence-electron chi connectivity index (χ2n) is 6.13. The quantitative estimate of drug-likeness (QED) is 0.713. The summed E-state index contributed by atoms with van der Waals surface area (Å²) in [6.45, 7) is 1.21. The first-order chi connectivity index (χ1) is 12.2. The predicted molar refractivity (Wildman–Crippen MR) is 94.0 cm³/mol. The molecule has 25 heavy (non-hydrogen) atoms. The van der Waals surface area contributed by atoms with Crippen molar-refractivity contribution in [1.29, 1.82) is 0 Å². The van der Waals surface area contributed by atoms with Crippen molar-refractivity contribution >= 4 is 17.5 Å². The number of aromatic nitrogens is 2. The highest BCUT2D eigenvalue weighted by Crippen LogP contribution is 2.29. The molecule has 1 aliphatic heterocycles. The van der Waals surface area contributed by atoms with Crippen LogP contribution in [0.5, 0.6) is 0 Å². The van der Waals surface area contributed by atoms with Gasteiger partial charge in [0.15, 0.2) is 5.82 Å². The zero-order valence-electron chi connectivity index (χ0n) is 13.4. The highest BCUT2D eigenvalue weighted by Gasteiger charge is 2.33. The molecule has 1 saturated heterocycles. The minimum absolute atomic E-state index is 0.0482. The maximum Gasteiger partial charge on any atom is 0.257 e. The van der Waals surface area contributed by atoms with E-state index in [4.69, 9.17) is 16.1 Å². The highest BCUT2D eigenvalue weighted by atomic mass is 35.5. The third-order valence-corrected chi connectivity index (χ3v) is 4.54. The smallest absolute Gasteiger partial charge is 0.257 e. The van der Waals surface area contributed by atoms with Crippen LogP contribution in [0, 0.1) is 0 Å². The van der Waals surface area contributed by atoms with Gasteiger partial charge in [-0.1, -0.05) is 53.2 Å². The maximum atomic E-state index is 12.3. The van der Waals surface area contributed by atoms with E-state index in [9.17, 15) is 4.79 Å². The molecule has 0 radical (unpaired) electrons. The van der Waals surface area contributed by atoms with Crippen molar-refractivity contribution in [2.24, 2.45) is 0 Å². The van der Waals surface area contributed by atoms with Crippen LogP contribution in [0.2, 0.25) is 5.02 Å². The third kappa shape index (κ3) is 3.42. The molecule has 0 saturated carbocycles. The first-order valence-corrected chi connectivity index (χ1v) is 8.48. The number of carbonyl (C=O) groups excluding carboxylic acids is 1. The Balaban J connectivity index is 1.49. The van der Waals surface area contributed by atoms with E-state index in [1.807, 2.05) is 47.4 Å². The van der Waals surface area contributed by atoms with Crippen molar-refractivity contribution in [3.8, 4) is 11.5 Å². The van der Waals surface area contributed by atoms with Crippen LogP contribution in [0.3, 0.4) is 0 Å². The molecule has 126 valence electrons. The van der Waals surface area contributed by atoms with Crippen LogP contribution in [0.1, 0.15) is 23.7 Å². The zero-order valence-corrected chi connectivity index (χ0v) is 14.2. The predicted octanol–water partition coefficient (Wildman–Crippen LogP) is 3.91. The van der Waals surface area contributed by atoms with E-state index in [2.05, 4.69) is 10.1 Å². The number of rotatable bonds is 4. The summed E-state index contributed by atoms with van der Waals surface area (Å²) < 4.78 is 5.36. The molecule has 6 heteroatoms. The molecule has 5 nitrogen and oxygen atoms in total. The van der Waals surface area contributed by atoms with Crippen molar-refractivity contribution in [2.45, 2.75) is 18.9 Å². The van der Waals surface area contributed by atoms with Gasteiger partial charge < -0.3 is 9.42 Å². The largest absolute Gasteiger partial charge is 0.338 e. The molecular weight excluding hydrogens is 338 g/mol. The Morgan fingerprint density at radius 3 is 2.80 bits per heavy atom. The molecule has 1 amide bonds. The van der Waals surface area contributed by atoms with E-state index in [0.29, 0.717) is 36.2 Å². The van der Waals surface area contributed by atoms with Crippen LogP contribution in [0.25, 0.3) is 11.5 Å². The van der Waals surface area contributed by atoms with Gasteiger partial charge in [-0.3, -0.25) is 4.79 Å². The second-order valence-corrected chi connectivity index (χ2v) is 6.57. The molecule has 2 aromatic carbocycles. The molecule has 1 aromatic heterocycles. The summed E-state index contributed by atoms with van der Waals surface area (Å²) in [4.78, 5) is 18.6. The van der Waals surface area contributed by atoms with Gasteiger partial charge in [0, 0.05) is 36.0 Å². The van der Waals surface area contributed by atoms with Gasteiger partial charge in [0.25, 0.3) is 5.89 Å². The molecule has 0 spiro atoms. The highest BCUT2D eigenvalue weighted by molar-refractivity contribution is 6.30. The number of carbonyl (C=O) groups is 1. The molecule has 3 aromatic rings. The lowest BCUT2D eigenvalue weighted by Crippen LogP contribution is -2.24. The molecular formula is C19H16ClN3O2. The number of amides is 1. The van der Waals surface area contributed by atoms with Gasteiger partial charge in [0.05, 0.1) is 0 Å². The molecule has 4 rings (SSSR count). The Kier molecular flexibility index (Phi) is 4.24. The van der Waals surface area contributed by atoms with Crippen molar-refractivity contribution in [3.05, 3.63) is 71.0 Å². The molecule has 2 heterocycles. The molecule has 1 atom stereocenters. The number of benzene rings is 2. The molecule has 1 fully saturated rings. The summed E-state index contributed by atoms with van der Waals surface area (Å²) in [6.07, 6.45) is 0.404. The van der Waals surface area contributed by atoms with Gasteiger partial charge in [0.2, 0.25) is 5.91 Å².